The molecule has 8 heteroatoms. The van der Waals surface area contributed by atoms with E-state index < -0.39 is 0 Å². The number of hydrogen-bond acceptors (Lipinski definition) is 6. The molecule has 3 aromatic rings. The molecule has 0 N–H and O–H groups in total. The predicted molar refractivity (Wildman–Crippen MR) is 106 cm³/mol. The number of carbonyl (C=O) groups is 1. The van der Waals surface area contributed by atoms with Crippen molar-refractivity contribution in [1.82, 2.24) is 20.1 Å². The summed E-state index contributed by atoms with van der Waals surface area (Å²) in [4.78, 5) is 18.6. The van der Waals surface area contributed by atoms with Gasteiger partial charge in [-0.05, 0) is 39.0 Å². The number of rotatable bonds is 6. The van der Waals surface area contributed by atoms with Gasteiger partial charge in [0.25, 0.3) is 0 Å². The third-order valence-electron chi connectivity index (χ3n) is 3.82. The summed E-state index contributed by atoms with van der Waals surface area (Å²) < 4.78 is 5.71. The minimum atomic E-state index is -0.145. The molecule has 1 amide bonds. The van der Waals surface area contributed by atoms with E-state index in [2.05, 4.69) is 15.2 Å². The summed E-state index contributed by atoms with van der Waals surface area (Å²) in [5.74, 6) is 0.540. The lowest BCUT2D eigenvalue weighted by Gasteiger charge is -2.23. The lowest BCUT2D eigenvalue weighted by atomic mass is 10.2. The zero-order valence-electron chi connectivity index (χ0n) is 15.2. The Bertz CT molecular complexity index is 964. The number of amides is 1. The summed E-state index contributed by atoms with van der Waals surface area (Å²) in [6.45, 7) is 6.01. The number of halogens is 1. The van der Waals surface area contributed by atoms with Crippen molar-refractivity contribution in [3.05, 3.63) is 57.3 Å². The first-order chi connectivity index (χ1) is 12.9. The Hall–Kier alpha value is -2.51. The van der Waals surface area contributed by atoms with Crippen LogP contribution >= 0.6 is 22.9 Å². The Morgan fingerprint density at radius 3 is 2.78 bits per heavy atom. The van der Waals surface area contributed by atoms with E-state index in [9.17, 15) is 4.79 Å². The Kier molecular flexibility index (Phi) is 6.03. The van der Waals surface area contributed by atoms with Crippen molar-refractivity contribution in [1.29, 1.82) is 0 Å². The smallest absolute Gasteiger partial charge is 0.249 e. The Morgan fingerprint density at radius 1 is 1.33 bits per heavy atom. The van der Waals surface area contributed by atoms with Crippen molar-refractivity contribution in [3.8, 4) is 11.5 Å². The lowest BCUT2D eigenvalue weighted by molar-refractivity contribution is -0.128. The number of benzene rings is 1. The first-order valence-electron chi connectivity index (χ1n) is 8.42. The average Bonchev–Trinajstić information content (AvgIpc) is 3.26. The van der Waals surface area contributed by atoms with Gasteiger partial charge in [0, 0.05) is 17.5 Å². The highest BCUT2D eigenvalue weighted by atomic mass is 35.5. The monoisotopic (exact) mass is 402 g/mol. The van der Waals surface area contributed by atoms with Crippen LogP contribution in [-0.4, -0.2) is 32.0 Å². The van der Waals surface area contributed by atoms with Gasteiger partial charge in [0.1, 0.15) is 0 Å². The standard InChI is InChI=1S/C19H19ClN4O2S/c1-12(2)24(18(25)9-8-14-11-27-13(3)21-14)10-17-22-23-19(26-17)15-6-4-5-7-16(15)20/h4-9,11-12H,10H2,1-3H3/b9-8+. The largest absolute Gasteiger partial charge is 0.419 e. The van der Waals surface area contributed by atoms with Crippen molar-refractivity contribution in [3.63, 3.8) is 0 Å². The molecule has 0 aliphatic heterocycles. The summed E-state index contributed by atoms with van der Waals surface area (Å²) in [6.07, 6.45) is 3.23. The van der Waals surface area contributed by atoms with Gasteiger partial charge in [-0.3, -0.25) is 4.79 Å². The number of carbonyl (C=O) groups excluding carboxylic acids is 1. The quantitative estimate of drug-likeness (QED) is 0.563. The van der Waals surface area contributed by atoms with Crippen LogP contribution in [0.5, 0.6) is 0 Å². The van der Waals surface area contributed by atoms with Crippen LogP contribution in [0, 0.1) is 6.92 Å². The minimum Gasteiger partial charge on any atom is -0.419 e. The van der Waals surface area contributed by atoms with Crippen LogP contribution in [0.2, 0.25) is 5.02 Å². The van der Waals surface area contributed by atoms with Gasteiger partial charge in [-0.2, -0.15) is 0 Å². The average molecular weight is 403 g/mol. The lowest BCUT2D eigenvalue weighted by Crippen LogP contribution is -2.35. The first-order valence-corrected chi connectivity index (χ1v) is 9.68. The normalized spacial score (nSPS) is 11.4. The molecule has 0 bridgehead atoms. The van der Waals surface area contributed by atoms with Crippen molar-refractivity contribution >= 4 is 34.9 Å². The molecule has 2 aromatic heterocycles. The van der Waals surface area contributed by atoms with Crippen LogP contribution in [0.1, 0.15) is 30.4 Å². The predicted octanol–water partition coefficient (Wildman–Crippen LogP) is 4.61. The molecule has 2 heterocycles. The van der Waals surface area contributed by atoms with Crippen molar-refractivity contribution < 1.29 is 9.21 Å². The third kappa shape index (κ3) is 4.81. The van der Waals surface area contributed by atoms with Gasteiger partial charge in [-0.25, -0.2) is 4.98 Å². The molecule has 0 aliphatic rings. The molecule has 0 spiro atoms. The van der Waals surface area contributed by atoms with Crippen LogP contribution in [0.25, 0.3) is 17.5 Å². The fraction of sp³-hybridized carbons (Fsp3) is 0.263. The molecule has 27 heavy (non-hydrogen) atoms. The fourth-order valence-electron chi connectivity index (χ4n) is 2.43. The minimum absolute atomic E-state index is 0.0324. The molecule has 0 atom stereocenters. The van der Waals surface area contributed by atoms with E-state index in [1.807, 2.05) is 44.4 Å². The molecular weight excluding hydrogens is 384 g/mol. The molecular formula is C19H19ClN4O2S. The van der Waals surface area contributed by atoms with Crippen molar-refractivity contribution in [2.75, 3.05) is 0 Å². The highest BCUT2D eigenvalue weighted by Gasteiger charge is 2.19. The summed E-state index contributed by atoms with van der Waals surface area (Å²) in [5.41, 5.74) is 1.44. The molecule has 0 saturated carbocycles. The maximum absolute atomic E-state index is 12.6. The molecule has 0 aliphatic carbocycles. The van der Waals surface area contributed by atoms with E-state index in [0.717, 1.165) is 10.7 Å². The van der Waals surface area contributed by atoms with E-state index in [1.54, 1.807) is 28.4 Å². The molecule has 3 rings (SSSR count). The van der Waals surface area contributed by atoms with E-state index in [0.29, 0.717) is 22.4 Å². The number of hydrogen-bond donors (Lipinski definition) is 0. The zero-order valence-corrected chi connectivity index (χ0v) is 16.8. The van der Waals surface area contributed by atoms with Gasteiger partial charge in [-0.1, -0.05) is 23.7 Å². The fourth-order valence-corrected chi connectivity index (χ4v) is 3.23. The van der Waals surface area contributed by atoms with Gasteiger partial charge in [-0.15, -0.1) is 21.5 Å². The maximum Gasteiger partial charge on any atom is 0.249 e. The number of aryl methyl sites for hydroxylation is 1. The number of aromatic nitrogens is 3. The number of thiazole rings is 1. The molecule has 140 valence electrons. The first kappa shape index (κ1) is 19.3. The molecule has 0 radical (unpaired) electrons. The summed E-state index contributed by atoms with van der Waals surface area (Å²) in [6, 6.07) is 7.22. The molecule has 0 fully saturated rings. The molecule has 1 aromatic carbocycles. The second-order valence-corrected chi connectivity index (χ2v) is 7.63. The van der Waals surface area contributed by atoms with Crippen LogP contribution in [0.4, 0.5) is 0 Å². The van der Waals surface area contributed by atoms with Gasteiger partial charge in [0.15, 0.2) is 0 Å². The van der Waals surface area contributed by atoms with E-state index >= 15 is 0 Å². The van der Waals surface area contributed by atoms with Crippen LogP contribution in [0.15, 0.2) is 40.1 Å². The Morgan fingerprint density at radius 2 is 2.11 bits per heavy atom. The van der Waals surface area contributed by atoms with Gasteiger partial charge in [0.05, 0.1) is 27.8 Å². The highest BCUT2D eigenvalue weighted by molar-refractivity contribution is 7.09. The Balaban J connectivity index is 1.74. The maximum atomic E-state index is 12.6. The van der Waals surface area contributed by atoms with Crippen molar-refractivity contribution in [2.45, 2.75) is 33.4 Å². The van der Waals surface area contributed by atoms with Gasteiger partial charge >= 0.3 is 0 Å². The molecule has 0 saturated heterocycles. The van der Waals surface area contributed by atoms with E-state index in [-0.39, 0.29) is 18.5 Å². The Labute approximate surface area is 166 Å². The van der Waals surface area contributed by atoms with Crippen LogP contribution in [-0.2, 0) is 11.3 Å². The second-order valence-electron chi connectivity index (χ2n) is 6.17. The second kappa shape index (κ2) is 8.45. The third-order valence-corrected chi connectivity index (χ3v) is 4.94. The van der Waals surface area contributed by atoms with Crippen molar-refractivity contribution in [2.24, 2.45) is 0 Å². The zero-order chi connectivity index (χ0) is 19.4. The SMILES string of the molecule is Cc1nc(/C=C/C(=O)N(Cc2nnc(-c3ccccc3Cl)o2)C(C)C)cs1. The topological polar surface area (TPSA) is 72.1 Å². The number of nitrogens with zero attached hydrogens (tertiary/aromatic N) is 4. The van der Waals surface area contributed by atoms with Gasteiger partial charge < -0.3 is 9.32 Å². The van der Waals surface area contributed by atoms with E-state index in [4.69, 9.17) is 16.0 Å². The van der Waals surface area contributed by atoms with Crippen LogP contribution < -0.4 is 0 Å². The van der Waals surface area contributed by atoms with E-state index in [1.165, 1.54) is 6.08 Å². The molecule has 0 unspecified atom stereocenters. The summed E-state index contributed by atoms with van der Waals surface area (Å²) in [7, 11) is 0. The highest BCUT2D eigenvalue weighted by Crippen LogP contribution is 2.26. The van der Waals surface area contributed by atoms with Crippen LogP contribution in [0.3, 0.4) is 0 Å². The summed E-state index contributed by atoms with van der Waals surface area (Å²) in [5, 5.41) is 11.5. The summed E-state index contributed by atoms with van der Waals surface area (Å²) >= 11 is 7.71. The van der Waals surface area contributed by atoms with Gasteiger partial charge in [0.2, 0.25) is 17.7 Å². The molecule has 6 nitrogen and oxygen atoms in total.